The molecule has 1 unspecified atom stereocenters. The lowest BCUT2D eigenvalue weighted by Crippen LogP contribution is -2.41. The topological polar surface area (TPSA) is 91.7 Å². The van der Waals surface area contributed by atoms with Crippen LogP contribution in [0.15, 0.2) is 52.9 Å². The van der Waals surface area contributed by atoms with Gasteiger partial charge in [-0.05, 0) is 31.2 Å². The molecule has 0 aliphatic carbocycles. The van der Waals surface area contributed by atoms with Gasteiger partial charge in [-0.2, -0.15) is 0 Å². The van der Waals surface area contributed by atoms with E-state index in [0.717, 1.165) is 10.3 Å². The third-order valence-corrected chi connectivity index (χ3v) is 5.54. The zero-order chi connectivity index (χ0) is 20.8. The highest BCUT2D eigenvalue weighted by atomic mass is 35.5. The van der Waals surface area contributed by atoms with E-state index >= 15 is 0 Å². The van der Waals surface area contributed by atoms with Crippen LogP contribution in [0.2, 0.25) is 10.0 Å². The molecule has 2 N–H and O–H groups in total. The molecule has 3 aromatic rings. The average molecular weight is 432 g/mol. The highest BCUT2D eigenvalue weighted by Crippen LogP contribution is 2.33. The van der Waals surface area contributed by atoms with Crippen LogP contribution >= 0.6 is 23.2 Å². The largest absolute Gasteiger partial charge is 0.458 e. The van der Waals surface area contributed by atoms with Crippen molar-refractivity contribution in [2.24, 2.45) is 0 Å². The molecule has 2 aromatic carbocycles. The highest BCUT2D eigenvalue weighted by molar-refractivity contribution is 6.44. The number of urea groups is 1. The Balaban J connectivity index is 1.54. The molecule has 0 saturated carbocycles. The summed E-state index contributed by atoms with van der Waals surface area (Å²) in [7, 11) is 0. The average Bonchev–Trinajstić information content (AvgIpc) is 3.21. The third-order valence-electron chi connectivity index (χ3n) is 4.72. The van der Waals surface area contributed by atoms with Crippen molar-refractivity contribution in [2.45, 2.75) is 12.5 Å². The number of halogens is 2. The Bertz CT molecular complexity index is 1130. The van der Waals surface area contributed by atoms with Crippen LogP contribution in [-0.4, -0.2) is 29.3 Å². The van der Waals surface area contributed by atoms with Crippen molar-refractivity contribution in [1.29, 1.82) is 0 Å². The first-order valence-corrected chi connectivity index (χ1v) is 9.42. The molecule has 7 nitrogen and oxygen atoms in total. The molecule has 4 rings (SSSR count). The van der Waals surface area contributed by atoms with E-state index in [4.69, 9.17) is 27.6 Å². The lowest BCUT2D eigenvalue weighted by atomic mass is 9.99. The Morgan fingerprint density at radius 3 is 2.69 bits per heavy atom. The number of furan rings is 1. The van der Waals surface area contributed by atoms with Crippen molar-refractivity contribution in [3.8, 4) is 0 Å². The molecule has 1 saturated heterocycles. The zero-order valence-electron chi connectivity index (χ0n) is 15.2. The molecular weight excluding hydrogens is 417 g/mol. The van der Waals surface area contributed by atoms with Crippen molar-refractivity contribution in [3.63, 3.8) is 0 Å². The quantitative estimate of drug-likeness (QED) is 0.607. The second-order valence-electron chi connectivity index (χ2n) is 6.74. The molecule has 148 valence electrons. The molecule has 9 heteroatoms. The first-order chi connectivity index (χ1) is 13.8. The first kappa shape index (κ1) is 19.3. The lowest BCUT2D eigenvalue weighted by Gasteiger charge is -2.19. The molecule has 1 atom stereocenters. The Hall–Kier alpha value is -3.03. The summed E-state index contributed by atoms with van der Waals surface area (Å²) >= 11 is 12.0. The SMILES string of the molecule is CC1(c2cc3ccccc3o2)NC(=O)N(CC(=O)Nc2cccc(Cl)c2Cl)C1=O. The number of carbonyl (C=O) groups excluding carboxylic acids is 3. The fourth-order valence-corrected chi connectivity index (χ4v) is 3.52. The monoisotopic (exact) mass is 431 g/mol. The number of hydrogen-bond donors (Lipinski definition) is 2. The number of nitrogens with zero attached hydrogens (tertiary/aromatic N) is 1. The molecule has 1 fully saturated rings. The molecule has 0 bridgehead atoms. The van der Waals surface area contributed by atoms with Crippen molar-refractivity contribution >= 4 is 57.7 Å². The Kier molecular flexibility index (Phi) is 4.72. The van der Waals surface area contributed by atoms with Gasteiger partial charge in [-0.3, -0.25) is 14.5 Å². The van der Waals surface area contributed by atoms with Crippen molar-refractivity contribution < 1.29 is 18.8 Å². The van der Waals surface area contributed by atoms with Crippen LogP contribution in [0.25, 0.3) is 11.0 Å². The Morgan fingerprint density at radius 2 is 1.93 bits per heavy atom. The van der Waals surface area contributed by atoms with Gasteiger partial charge in [0, 0.05) is 5.39 Å². The van der Waals surface area contributed by atoms with Gasteiger partial charge < -0.3 is 15.1 Å². The molecule has 4 amide bonds. The Morgan fingerprint density at radius 1 is 1.17 bits per heavy atom. The molecule has 1 aliphatic rings. The summed E-state index contributed by atoms with van der Waals surface area (Å²) in [6.07, 6.45) is 0. The summed E-state index contributed by atoms with van der Waals surface area (Å²) in [5.74, 6) is -0.890. The lowest BCUT2D eigenvalue weighted by molar-refractivity contribution is -0.134. The van der Waals surface area contributed by atoms with Crippen LogP contribution in [-0.2, 0) is 15.1 Å². The number of imide groups is 1. The molecule has 0 radical (unpaired) electrons. The maximum atomic E-state index is 13.0. The number of benzene rings is 2. The predicted molar refractivity (Wildman–Crippen MR) is 109 cm³/mol. The first-order valence-electron chi connectivity index (χ1n) is 8.66. The maximum Gasteiger partial charge on any atom is 0.325 e. The van der Waals surface area contributed by atoms with Gasteiger partial charge in [0.25, 0.3) is 5.91 Å². The minimum Gasteiger partial charge on any atom is -0.458 e. The normalized spacial score (nSPS) is 18.9. The van der Waals surface area contributed by atoms with E-state index < -0.39 is 29.9 Å². The van der Waals surface area contributed by atoms with E-state index in [1.165, 1.54) is 6.92 Å². The molecule has 1 aromatic heterocycles. The fourth-order valence-electron chi connectivity index (χ4n) is 3.17. The van der Waals surface area contributed by atoms with Crippen LogP contribution in [0, 0.1) is 0 Å². The van der Waals surface area contributed by atoms with Gasteiger partial charge in [0.15, 0.2) is 5.54 Å². The van der Waals surface area contributed by atoms with E-state index in [1.54, 1.807) is 30.3 Å². The number of carbonyl (C=O) groups is 3. The molecular formula is C20H15Cl2N3O4. The summed E-state index contributed by atoms with van der Waals surface area (Å²) < 4.78 is 5.76. The summed E-state index contributed by atoms with van der Waals surface area (Å²) in [5.41, 5.74) is -0.529. The van der Waals surface area contributed by atoms with Gasteiger partial charge >= 0.3 is 6.03 Å². The molecule has 0 spiro atoms. The number of nitrogens with one attached hydrogen (secondary N) is 2. The van der Waals surface area contributed by atoms with E-state index in [1.807, 2.05) is 18.2 Å². The van der Waals surface area contributed by atoms with Crippen molar-refractivity contribution in [2.75, 3.05) is 11.9 Å². The van der Waals surface area contributed by atoms with Gasteiger partial charge in [-0.1, -0.05) is 47.5 Å². The van der Waals surface area contributed by atoms with Crippen molar-refractivity contribution in [3.05, 3.63) is 64.3 Å². The molecule has 2 heterocycles. The summed E-state index contributed by atoms with van der Waals surface area (Å²) in [5, 5.41) is 6.42. The van der Waals surface area contributed by atoms with Crippen LogP contribution < -0.4 is 10.6 Å². The number of fused-ring (bicyclic) bond motifs is 1. The smallest absolute Gasteiger partial charge is 0.325 e. The predicted octanol–water partition coefficient (Wildman–Crippen LogP) is 4.15. The Labute approximate surface area is 175 Å². The molecule has 1 aliphatic heterocycles. The minimum absolute atomic E-state index is 0.173. The summed E-state index contributed by atoms with van der Waals surface area (Å²) in [6, 6.07) is 13.0. The van der Waals surface area contributed by atoms with Crippen LogP contribution in [0.5, 0.6) is 0 Å². The van der Waals surface area contributed by atoms with Crippen LogP contribution in [0.3, 0.4) is 0 Å². The minimum atomic E-state index is -1.41. The number of para-hydroxylation sites is 1. The number of anilines is 1. The van der Waals surface area contributed by atoms with Gasteiger partial charge in [-0.25, -0.2) is 4.79 Å². The highest BCUT2D eigenvalue weighted by Gasteiger charge is 2.51. The summed E-state index contributed by atoms with van der Waals surface area (Å²) in [6.45, 7) is 1.06. The number of amides is 4. The maximum absolute atomic E-state index is 13.0. The van der Waals surface area contributed by atoms with E-state index in [2.05, 4.69) is 10.6 Å². The standard InChI is InChI=1S/C20H15Cl2N3O4/c1-20(15-9-11-5-2-3-8-14(11)29-15)18(27)25(19(28)24-20)10-16(26)23-13-7-4-6-12(21)17(13)22/h2-9H,10H2,1H3,(H,23,26)(H,24,28). The number of hydrogen-bond acceptors (Lipinski definition) is 4. The van der Waals surface area contributed by atoms with Crippen LogP contribution in [0.1, 0.15) is 12.7 Å². The number of rotatable bonds is 4. The van der Waals surface area contributed by atoms with E-state index in [-0.39, 0.29) is 21.5 Å². The summed E-state index contributed by atoms with van der Waals surface area (Å²) in [4.78, 5) is 38.6. The second kappa shape index (κ2) is 7.09. The van der Waals surface area contributed by atoms with Gasteiger partial charge in [0.2, 0.25) is 5.91 Å². The zero-order valence-corrected chi connectivity index (χ0v) is 16.7. The van der Waals surface area contributed by atoms with Gasteiger partial charge in [0.05, 0.1) is 15.7 Å². The van der Waals surface area contributed by atoms with E-state index in [9.17, 15) is 14.4 Å². The fraction of sp³-hybridized carbons (Fsp3) is 0.150. The third kappa shape index (κ3) is 3.32. The van der Waals surface area contributed by atoms with Gasteiger partial charge in [0.1, 0.15) is 17.9 Å². The van der Waals surface area contributed by atoms with Gasteiger partial charge in [-0.15, -0.1) is 0 Å². The molecule has 29 heavy (non-hydrogen) atoms. The van der Waals surface area contributed by atoms with E-state index in [0.29, 0.717) is 5.58 Å². The van der Waals surface area contributed by atoms with Crippen LogP contribution in [0.4, 0.5) is 10.5 Å². The second-order valence-corrected chi connectivity index (χ2v) is 7.53. The van der Waals surface area contributed by atoms with Crippen molar-refractivity contribution in [1.82, 2.24) is 10.2 Å².